The Morgan fingerprint density at radius 1 is 0.919 bits per heavy atom. The molecule has 0 spiro atoms. The Morgan fingerprint density at radius 3 is 2.24 bits per heavy atom. The van der Waals surface area contributed by atoms with Gasteiger partial charge in [-0.3, -0.25) is 13.8 Å². The molecule has 1 aliphatic rings. The standard InChI is InChI=1S/C24H24ClN3O7S2/c1-16(28(36(2,30)31)20-8-11-22-23(15-20)35-13-12-34-22)24(29)26-18-6-9-21(10-7-18)37(32,33)27-19-5-3-4-17(25)14-19/h3-11,14-16,27H,12-13H2,1-2H3,(H,26,29)/t16-/m0/s1. The summed E-state index contributed by atoms with van der Waals surface area (Å²) in [6.07, 6.45) is 1.00. The Labute approximate surface area is 220 Å². The number of ether oxygens (including phenoxy) is 2. The first-order valence-electron chi connectivity index (χ1n) is 11.0. The maximum Gasteiger partial charge on any atom is 0.261 e. The fourth-order valence-electron chi connectivity index (χ4n) is 3.71. The third kappa shape index (κ3) is 6.27. The van der Waals surface area contributed by atoms with E-state index in [4.69, 9.17) is 21.1 Å². The van der Waals surface area contributed by atoms with Gasteiger partial charge in [0, 0.05) is 16.8 Å². The Morgan fingerprint density at radius 2 is 1.59 bits per heavy atom. The highest BCUT2D eigenvalue weighted by Gasteiger charge is 2.30. The molecule has 196 valence electrons. The van der Waals surface area contributed by atoms with Gasteiger partial charge in [-0.05, 0) is 61.5 Å². The van der Waals surface area contributed by atoms with Crippen LogP contribution in [0.25, 0.3) is 0 Å². The van der Waals surface area contributed by atoms with Crippen LogP contribution in [0.5, 0.6) is 11.5 Å². The summed E-state index contributed by atoms with van der Waals surface area (Å²) in [5, 5.41) is 3.01. The predicted octanol–water partition coefficient (Wildman–Crippen LogP) is 3.71. The van der Waals surface area contributed by atoms with Crippen molar-refractivity contribution in [3.05, 3.63) is 71.8 Å². The van der Waals surface area contributed by atoms with Gasteiger partial charge in [0.1, 0.15) is 19.3 Å². The van der Waals surface area contributed by atoms with E-state index in [0.717, 1.165) is 10.6 Å². The summed E-state index contributed by atoms with van der Waals surface area (Å²) in [4.78, 5) is 13.0. The number of carbonyl (C=O) groups is 1. The lowest BCUT2D eigenvalue weighted by atomic mass is 10.2. The van der Waals surface area contributed by atoms with E-state index in [9.17, 15) is 21.6 Å². The molecule has 0 aromatic heterocycles. The molecule has 10 nitrogen and oxygen atoms in total. The first-order valence-corrected chi connectivity index (χ1v) is 14.7. The van der Waals surface area contributed by atoms with Gasteiger partial charge in [0.25, 0.3) is 10.0 Å². The van der Waals surface area contributed by atoms with Crippen molar-refractivity contribution in [3.63, 3.8) is 0 Å². The van der Waals surface area contributed by atoms with E-state index >= 15 is 0 Å². The molecule has 0 bridgehead atoms. The molecule has 0 fully saturated rings. The quantitative estimate of drug-likeness (QED) is 0.425. The number of hydrogen-bond acceptors (Lipinski definition) is 7. The van der Waals surface area contributed by atoms with Crippen LogP contribution in [-0.4, -0.2) is 48.3 Å². The van der Waals surface area contributed by atoms with Crippen molar-refractivity contribution < 1.29 is 31.1 Å². The van der Waals surface area contributed by atoms with Crippen molar-refractivity contribution >= 4 is 54.6 Å². The summed E-state index contributed by atoms with van der Waals surface area (Å²) in [7, 11) is -7.76. The number of nitrogens with zero attached hydrogens (tertiary/aromatic N) is 1. The van der Waals surface area contributed by atoms with Gasteiger partial charge in [0.05, 0.1) is 22.5 Å². The smallest absolute Gasteiger partial charge is 0.261 e. The Balaban J connectivity index is 1.50. The van der Waals surface area contributed by atoms with Gasteiger partial charge < -0.3 is 14.8 Å². The maximum absolute atomic E-state index is 13.0. The normalized spacial score (nSPS) is 13.9. The number of fused-ring (bicyclic) bond motifs is 1. The SMILES string of the molecule is C[C@@H](C(=O)Nc1ccc(S(=O)(=O)Nc2cccc(Cl)c2)cc1)N(c1ccc2c(c1)OCCO2)S(C)(=O)=O. The number of sulfonamides is 2. The molecule has 2 N–H and O–H groups in total. The van der Waals surface area contributed by atoms with Gasteiger partial charge >= 0.3 is 0 Å². The molecular weight excluding hydrogens is 542 g/mol. The topological polar surface area (TPSA) is 131 Å². The Kier molecular flexibility index (Phi) is 7.53. The van der Waals surface area contributed by atoms with Gasteiger partial charge in [-0.25, -0.2) is 16.8 Å². The molecule has 0 saturated carbocycles. The van der Waals surface area contributed by atoms with Gasteiger partial charge in [-0.1, -0.05) is 17.7 Å². The molecule has 3 aromatic rings. The van der Waals surface area contributed by atoms with Crippen LogP contribution in [0.2, 0.25) is 5.02 Å². The molecule has 0 radical (unpaired) electrons. The number of halogens is 1. The van der Waals surface area contributed by atoms with Gasteiger partial charge in [0.2, 0.25) is 15.9 Å². The van der Waals surface area contributed by atoms with Crippen LogP contribution in [0.1, 0.15) is 6.92 Å². The van der Waals surface area contributed by atoms with Crippen LogP contribution >= 0.6 is 11.6 Å². The molecule has 3 aromatic carbocycles. The van der Waals surface area contributed by atoms with Gasteiger partial charge in [-0.15, -0.1) is 0 Å². The molecule has 0 aliphatic carbocycles. The van der Waals surface area contributed by atoms with Gasteiger partial charge in [0.15, 0.2) is 11.5 Å². The van der Waals surface area contributed by atoms with E-state index in [1.165, 1.54) is 49.4 Å². The zero-order chi connectivity index (χ0) is 26.8. The number of benzene rings is 3. The van der Waals surface area contributed by atoms with Crippen LogP contribution in [0.3, 0.4) is 0 Å². The van der Waals surface area contributed by atoms with Crippen LogP contribution < -0.4 is 23.8 Å². The highest BCUT2D eigenvalue weighted by Crippen LogP contribution is 2.35. The van der Waals surface area contributed by atoms with Gasteiger partial charge in [-0.2, -0.15) is 0 Å². The molecule has 13 heteroatoms. The van der Waals surface area contributed by atoms with Crippen LogP contribution in [0, 0.1) is 0 Å². The largest absolute Gasteiger partial charge is 0.486 e. The van der Waals surface area contributed by atoms with Crippen molar-refractivity contribution in [1.82, 2.24) is 0 Å². The van der Waals surface area contributed by atoms with Crippen LogP contribution in [0.15, 0.2) is 71.6 Å². The Bertz CT molecular complexity index is 1530. The molecule has 1 atom stereocenters. The maximum atomic E-state index is 13.0. The van der Waals surface area contributed by atoms with Crippen molar-refractivity contribution in [1.29, 1.82) is 0 Å². The van der Waals surface area contributed by atoms with Crippen molar-refractivity contribution in [2.75, 3.05) is 33.8 Å². The molecular formula is C24H24ClN3O7S2. The molecule has 1 amide bonds. The molecule has 0 saturated heterocycles. The summed E-state index contributed by atoms with van der Waals surface area (Å²) < 4.78 is 65.0. The number of amides is 1. The van der Waals surface area contributed by atoms with E-state index in [-0.39, 0.29) is 16.3 Å². The Hall–Kier alpha value is -3.48. The number of hydrogen-bond donors (Lipinski definition) is 2. The number of nitrogens with one attached hydrogen (secondary N) is 2. The zero-order valence-electron chi connectivity index (χ0n) is 19.8. The second-order valence-electron chi connectivity index (χ2n) is 8.19. The molecule has 1 heterocycles. The third-order valence-corrected chi connectivity index (χ3v) is 8.25. The van der Waals surface area contributed by atoms with E-state index in [1.807, 2.05) is 0 Å². The molecule has 4 rings (SSSR count). The molecule has 37 heavy (non-hydrogen) atoms. The average Bonchev–Trinajstić information content (AvgIpc) is 2.83. The van der Waals surface area contributed by atoms with Crippen molar-refractivity contribution in [2.24, 2.45) is 0 Å². The summed E-state index contributed by atoms with van der Waals surface area (Å²) in [5.41, 5.74) is 0.829. The minimum Gasteiger partial charge on any atom is -0.486 e. The minimum absolute atomic E-state index is 0.0347. The first-order chi connectivity index (χ1) is 17.4. The van der Waals surface area contributed by atoms with E-state index < -0.39 is 32.0 Å². The highest BCUT2D eigenvalue weighted by molar-refractivity contribution is 7.92. The summed E-state index contributed by atoms with van der Waals surface area (Å²) in [6, 6.07) is 15.2. The lowest BCUT2D eigenvalue weighted by Crippen LogP contribution is -2.45. The second kappa shape index (κ2) is 10.5. The molecule has 1 aliphatic heterocycles. The fourth-order valence-corrected chi connectivity index (χ4v) is 6.11. The predicted molar refractivity (Wildman–Crippen MR) is 142 cm³/mol. The lowest BCUT2D eigenvalue weighted by molar-refractivity contribution is -0.116. The first kappa shape index (κ1) is 26.6. The highest BCUT2D eigenvalue weighted by atomic mass is 35.5. The number of rotatable bonds is 8. The van der Waals surface area contributed by atoms with Crippen LogP contribution in [0.4, 0.5) is 17.1 Å². The number of carbonyl (C=O) groups excluding carboxylic acids is 1. The van der Waals surface area contributed by atoms with E-state index in [1.54, 1.807) is 24.3 Å². The monoisotopic (exact) mass is 565 g/mol. The van der Waals surface area contributed by atoms with Crippen molar-refractivity contribution in [3.8, 4) is 11.5 Å². The van der Waals surface area contributed by atoms with E-state index in [2.05, 4.69) is 10.0 Å². The summed E-state index contributed by atoms with van der Waals surface area (Å²) in [6.45, 7) is 2.16. The molecule has 0 unspecified atom stereocenters. The average molecular weight is 566 g/mol. The lowest BCUT2D eigenvalue weighted by Gasteiger charge is -2.29. The van der Waals surface area contributed by atoms with E-state index in [0.29, 0.717) is 35.4 Å². The van der Waals surface area contributed by atoms with Crippen LogP contribution in [-0.2, 0) is 24.8 Å². The van der Waals surface area contributed by atoms with Crippen molar-refractivity contribution in [2.45, 2.75) is 17.9 Å². The second-order valence-corrected chi connectivity index (χ2v) is 12.2. The zero-order valence-corrected chi connectivity index (χ0v) is 22.2. The summed E-state index contributed by atoms with van der Waals surface area (Å²) in [5.74, 6) is 0.251. The summed E-state index contributed by atoms with van der Waals surface area (Å²) >= 11 is 5.91. The number of anilines is 3. The minimum atomic E-state index is -3.90. The third-order valence-electron chi connectivity index (χ3n) is 5.38. The fraction of sp³-hybridized carbons (Fsp3) is 0.208.